The third-order valence-electron chi connectivity index (χ3n) is 0. The van der Waals surface area contributed by atoms with Gasteiger partial charge in [-0.1, -0.05) is 0 Å². The second-order valence-corrected chi connectivity index (χ2v) is 0.671. The molecule has 0 saturated carbocycles. The molecule has 0 aliphatic carbocycles. The fraction of sp³-hybridized carbons (Fsp3) is 0. The van der Waals surface area contributed by atoms with Crippen molar-refractivity contribution in [2.75, 3.05) is 0 Å². The molecule has 0 spiro atoms. The summed E-state index contributed by atoms with van der Waals surface area (Å²) in [4.78, 5) is 24.8. The summed E-state index contributed by atoms with van der Waals surface area (Å²) in [6.45, 7) is 0. The van der Waals surface area contributed by atoms with Crippen molar-refractivity contribution < 1.29 is 20.7 Å². The first-order chi connectivity index (χ1) is 5.20. The Balaban J connectivity index is -0.0000000270. The molecular weight excluding hydrogens is 411 g/mol. The molecule has 0 rings (SSSR count). The van der Waals surface area contributed by atoms with Gasteiger partial charge in [0.05, 0.1) is 15.3 Å². The van der Waals surface area contributed by atoms with Crippen LogP contribution < -0.4 is 0 Å². The second-order valence-electron chi connectivity index (χ2n) is 0.671. The Morgan fingerprint density at radius 2 is 0.571 bits per heavy atom. The summed E-state index contributed by atoms with van der Waals surface area (Å²) >= 11 is 0. The molecule has 0 aromatic heterocycles. The molecule has 0 atom stereocenters. The first-order valence-electron chi connectivity index (χ1n) is 1.64. The Hall–Kier alpha value is -1.56. The van der Waals surface area contributed by atoms with Gasteiger partial charge < -0.3 is 51.4 Å². The molecule has 82 valence electrons. The molecule has 0 aromatic carbocycles. The van der Waals surface area contributed by atoms with Crippen LogP contribution in [0.2, 0.25) is 0 Å². The molecule has 0 amide bonds. The molecule has 13 nitrogen and oxygen atoms in total. The maximum atomic E-state index is 8.25. The summed E-state index contributed by atoms with van der Waals surface area (Å²) < 4.78 is 0. The van der Waals surface area contributed by atoms with Crippen LogP contribution >= 0.6 is 0 Å². The van der Waals surface area contributed by atoms with Gasteiger partial charge in [0.1, 0.15) is 0 Å². The molecule has 0 unspecified atom stereocenters. The van der Waals surface area contributed by atoms with Crippen molar-refractivity contribution in [3.05, 3.63) is 46.0 Å². The van der Waals surface area contributed by atoms with Gasteiger partial charge in [-0.25, -0.2) is 0 Å². The minimum atomic E-state index is -1.75. The molecule has 14 heavy (non-hydrogen) atoms. The van der Waals surface area contributed by atoms with E-state index in [1.807, 2.05) is 0 Å². The van der Waals surface area contributed by atoms with E-state index in [2.05, 4.69) is 0 Å². The van der Waals surface area contributed by atoms with Crippen molar-refractivity contribution in [2.24, 2.45) is 0 Å². The number of nitrogens with zero attached hydrogens (tertiary/aromatic N) is 3. The van der Waals surface area contributed by atoms with Crippen LogP contribution in [0.25, 0.3) is 0 Å². The number of rotatable bonds is 0. The Morgan fingerprint density at radius 3 is 0.571 bits per heavy atom. The summed E-state index contributed by atoms with van der Waals surface area (Å²) in [5.41, 5.74) is 0. The predicted octanol–water partition coefficient (Wildman–Crippen LogP) is -1.54. The van der Waals surface area contributed by atoms with Crippen LogP contribution in [-0.2, 0) is 0 Å². The van der Waals surface area contributed by atoms with Crippen molar-refractivity contribution in [2.45, 2.75) is 0 Å². The first kappa shape index (κ1) is 29.4. The van der Waals surface area contributed by atoms with Crippen LogP contribution in [0.15, 0.2) is 0 Å². The van der Waals surface area contributed by atoms with Crippen LogP contribution in [0.1, 0.15) is 0 Å². The second kappa shape index (κ2) is 22.5. The molecule has 0 bridgehead atoms. The molecule has 0 radical (unpaired) electrons. The van der Waals surface area contributed by atoms with Gasteiger partial charge in [-0.3, -0.25) is 0 Å². The summed E-state index contributed by atoms with van der Waals surface area (Å²) in [7, 11) is 0. The van der Waals surface area contributed by atoms with E-state index in [1.54, 1.807) is 0 Å². The first-order valence-corrected chi connectivity index (χ1v) is 1.64. The van der Waals surface area contributed by atoms with Gasteiger partial charge >= 0.3 is 26.2 Å². The van der Waals surface area contributed by atoms with Crippen LogP contribution in [0.5, 0.6) is 0 Å². The fourth-order valence-corrected chi connectivity index (χ4v) is 0. The van der Waals surface area contributed by atoms with E-state index in [0.717, 1.165) is 0 Å². The summed E-state index contributed by atoms with van der Waals surface area (Å²) in [6, 6.07) is 0. The summed E-state index contributed by atoms with van der Waals surface area (Å²) in [6.07, 6.45) is 0. The molecule has 0 aromatic rings. The van der Waals surface area contributed by atoms with Gasteiger partial charge in [0.2, 0.25) is 0 Å². The number of hydrogen-bond acceptors (Lipinski definition) is 10. The van der Waals surface area contributed by atoms with E-state index in [9.17, 15) is 0 Å². The zero-order valence-corrected chi connectivity index (χ0v) is 9.85. The van der Waals surface area contributed by atoms with E-state index in [4.69, 9.17) is 46.0 Å². The molecule has 1 N–H and O–H groups in total. The summed E-state index contributed by atoms with van der Waals surface area (Å²) in [5.74, 6) is 0. The molecule has 14 heteroatoms. The Labute approximate surface area is 93.3 Å². The summed E-state index contributed by atoms with van der Waals surface area (Å²) in [5, 5.41) is 44.2. The fourth-order valence-electron chi connectivity index (χ4n) is 0. The van der Waals surface area contributed by atoms with E-state index in [0.29, 0.717) is 0 Å². The molecule has 0 aliphatic rings. The third-order valence-corrected chi connectivity index (χ3v) is 0. The van der Waals surface area contributed by atoms with Crippen LogP contribution in [0.4, 0.5) is 0 Å². The maximum Gasteiger partial charge on any atom is -0.870 e. The van der Waals surface area contributed by atoms with E-state index < -0.39 is 15.3 Å². The zero-order valence-electron chi connectivity index (χ0n) is 5.96. The molecule has 0 aliphatic heterocycles. The Bertz CT molecular complexity index is 113. The van der Waals surface area contributed by atoms with Crippen LogP contribution in [-0.4, -0.2) is 46.9 Å². The van der Waals surface area contributed by atoms with Gasteiger partial charge in [0.25, 0.3) is 0 Å². The largest absolute Gasteiger partial charge is 0.870 e. The average Bonchev–Trinajstić information content (AvgIpc) is 1.54. The Kier molecular flexibility index (Phi) is 47.3. The van der Waals surface area contributed by atoms with E-state index in [1.165, 1.54) is 0 Å². The van der Waals surface area contributed by atoms with Crippen molar-refractivity contribution in [1.82, 2.24) is 0 Å². The zero-order chi connectivity index (χ0) is 10.7. The minimum absolute atomic E-state index is 0. The van der Waals surface area contributed by atoms with E-state index in [-0.39, 0.29) is 31.7 Å². The van der Waals surface area contributed by atoms with Crippen LogP contribution in [0, 0.1) is 46.0 Å². The van der Waals surface area contributed by atoms with Gasteiger partial charge in [-0.2, -0.15) is 0 Å². The monoisotopic (exact) mass is 413 g/mol. The topological polar surface area (TPSA) is 229 Å². The van der Waals surface area contributed by atoms with Gasteiger partial charge in [0, 0.05) is 0 Å². The van der Waals surface area contributed by atoms with Crippen molar-refractivity contribution in [3.8, 4) is 0 Å². The normalized spacial score (nSPS) is 5.14. The molecular formula is H2BiN3O10. The Morgan fingerprint density at radius 1 is 0.571 bits per heavy atom. The number of hydrogen-bond donors (Lipinski definition) is 0. The molecule has 0 fully saturated rings. The van der Waals surface area contributed by atoms with Gasteiger partial charge in [-0.05, 0) is 0 Å². The maximum absolute atomic E-state index is 8.25. The van der Waals surface area contributed by atoms with E-state index >= 15 is 0 Å². The van der Waals surface area contributed by atoms with Crippen LogP contribution in [0.3, 0.4) is 0 Å². The van der Waals surface area contributed by atoms with Crippen molar-refractivity contribution in [1.29, 1.82) is 0 Å². The smallest absolute Gasteiger partial charge is 0.870 e. The molecule has 0 heterocycles. The molecule has 0 saturated heterocycles. The van der Waals surface area contributed by atoms with Gasteiger partial charge in [0.15, 0.2) is 0 Å². The van der Waals surface area contributed by atoms with Gasteiger partial charge in [-0.15, -0.1) is 0 Å². The SMILES string of the molecule is O=[N+]([O-])[O-].O=[N+]([O-])[O-].O=[N+]([O-])[O-].[BiH+4].[OH-]. The standard InChI is InChI=1S/Bi.3NO3.H2O.H/c;3*2-1(3)4;;/h;;;;1H2;/q+4;3*-1;;/p-1. The van der Waals surface area contributed by atoms with Crippen molar-refractivity contribution >= 4 is 26.2 Å². The minimum Gasteiger partial charge on any atom is -0.870 e. The predicted molar refractivity (Wildman–Crippen MR) is 40.2 cm³/mol. The average molecular weight is 413 g/mol. The third kappa shape index (κ3) is 384. The quantitative estimate of drug-likeness (QED) is 0.252. The van der Waals surface area contributed by atoms with Crippen molar-refractivity contribution in [3.63, 3.8) is 0 Å².